The molecule has 0 radical (unpaired) electrons. The van der Waals surface area contributed by atoms with Gasteiger partial charge in [0.1, 0.15) is 12.4 Å². The first-order valence-electron chi connectivity index (χ1n) is 6.23. The number of aryl methyl sites for hydroxylation is 1. The largest absolute Gasteiger partial charge is 0.493 e. The number of amides is 1. The van der Waals surface area contributed by atoms with Crippen LogP contribution in [0.2, 0.25) is 0 Å². The fourth-order valence-electron chi connectivity index (χ4n) is 2.28. The first-order chi connectivity index (χ1) is 8.72. The van der Waals surface area contributed by atoms with Gasteiger partial charge in [0, 0.05) is 12.7 Å². The highest BCUT2D eigenvalue weighted by Crippen LogP contribution is 2.33. The molecule has 1 aromatic rings. The minimum Gasteiger partial charge on any atom is -0.493 e. The van der Waals surface area contributed by atoms with Gasteiger partial charge >= 0.3 is 0 Å². The summed E-state index contributed by atoms with van der Waals surface area (Å²) in [5.74, 6) is 0.828. The lowest BCUT2D eigenvalue weighted by Gasteiger charge is -2.19. The molecule has 4 nitrogen and oxygen atoms in total. The summed E-state index contributed by atoms with van der Waals surface area (Å²) in [7, 11) is 1.52. The van der Waals surface area contributed by atoms with Crippen LogP contribution in [0, 0.1) is 6.92 Å². The average Bonchev–Trinajstić information content (AvgIpc) is 2.54. The molecule has 1 atom stereocenters. The smallest absolute Gasteiger partial charge is 0.246 e. The molecule has 0 fully saturated rings. The van der Waals surface area contributed by atoms with Crippen molar-refractivity contribution in [3.63, 3.8) is 0 Å². The molecule has 1 heterocycles. The maximum absolute atomic E-state index is 11.6. The molecule has 4 heteroatoms. The summed E-state index contributed by atoms with van der Waals surface area (Å²) in [5.41, 5.74) is 2.18. The van der Waals surface area contributed by atoms with E-state index in [-0.39, 0.29) is 18.6 Å². The van der Waals surface area contributed by atoms with Gasteiger partial charge in [-0.25, -0.2) is 0 Å². The van der Waals surface area contributed by atoms with E-state index < -0.39 is 0 Å². The summed E-state index contributed by atoms with van der Waals surface area (Å²) in [6.07, 6.45) is 1.83. The average molecular weight is 249 g/mol. The number of carbonyl (C=O) groups is 1. The molecule has 0 saturated carbocycles. The van der Waals surface area contributed by atoms with Crippen molar-refractivity contribution in [3.8, 4) is 5.75 Å². The highest BCUT2D eigenvalue weighted by atomic mass is 16.5. The molecule has 1 aliphatic heterocycles. The number of methoxy groups -OCH3 is 1. The summed E-state index contributed by atoms with van der Waals surface area (Å²) in [4.78, 5) is 11.6. The first kappa shape index (κ1) is 12.9. The Labute approximate surface area is 107 Å². The Kier molecular flexibility index (Phi) is 4.20. The molecule has 98 valence electrons. The zero-order chi connectivity index (χ0) is 13.0. The van der Waals surface area contributed by atoms with E-state index in [9.17, 15) is 4.79 Å². The Hall–Kier alpha value is -1.55. The third-order valence-corrected chi connectivity index (χ3v) is 3.11. The second-order valence-corrected chi connectivity index (χ2v) is 4.54. The van der Waals surface area contributed by atoms with E-state index in [0.717, 1.165) is 29.7 Å². The van der Waals surface area contributed by atoms with E-state index in [0.29, 0.717) is 6.61 Å². The van der Waals surface area contributed by atoms with Gasteiger partial charge < -0.3 is 14.8 Å². The second kappa shape index (κ2) is 5.87. The van der Waals surface area contributed by atoms with Gasteiger partial charge in [-0.1, -0.05) is 18.2 Å². The minimum absolute atomic E-state index is 0.0186. The van der Waals surface area contributed by atoms with Crippen molar-refractivity contribution in [2.24, 2.45) is 0 Å². The number of fused-ring (bicyclic) bond motifs is 1. The highest BCUT2D eigenvalue weighted by molar-refractivity contribution is 5.77. The lowest BCUT2D eigenvalue weighted by atomic mass is 10.00. The molecule has 0 bridgehead atoms. The Morgan fingerprint density at radius 1 is 1.56 bits per heavy atom. The summed E-state index contributed by atoms with van der Waals surface area (Å²) in [6, 6.07) is 6.06. The lowest BCUT2D eigenvalue weighted by molar-refractivity contribution is -0.125. The van der Waals surface area contributed by atoms with Crippen LogP contribution in [-0.2, 0) is 9.53 Å². The monoisotopic (exact) mass is 249 g/mol. The van der Waals surface area contributed by atoms with Gasteiger partial charge in [0.05, 0.1) is 12.6 Å². The zero-order valence-electron chi connectivity index (χ0n) is 10.9. The molecule has 0 aliphatic carbocycles. The van der Waals surface area contributed by atoms with Crippen molar-refractivity contribution in [2.45, 2.75) is 25.8 Å². The minimum atomic E-state index is -0.0862. The van der Waals surface area contributed by atoms with Crippen molar-refractivity contribution in [1.82, 2.24) is 5.32 Å². The van der Waals surface area contributed by atoms with Crippen LogP contribution in [0.3, 0.4) is 0 Å². The van der Waals surface area contributed by atoms with Crippen LogP contribution in [0.5, 0.6) is 5.75 Å². The van der Waals surface area contributed by atoms with Gasteiger partial charge in [-0.15, -0.1) is 0 Å². The van der Waals surface area contributed by atoms with E-state index in [1.807, 2.05) is 25.1 Å². The van der Waals surface area contributed by atoms with Gasteiger partial charge in [-0.2, -0.15) is 0 Å². The van der Waals surface area contributed by atoms with E-state index in [1.54, 1.807) is 0 Å². The standard InChI is InChI=1S/C14H19NO3/c1-10-5-3-6-11-12(15-13(16)9-17-2)7-4-8-18-14(10)11/h3,5-6,12H,4,7-9H2,1-2H3,(H,15,16). The van der Waals surface area contributed by atoms with Crippen molar-refractivity contribution in [1.29, 1.82) is 0 Å². The van der Waals surface area contributed by atoms with Crippen LogP contribution in [0.1, 0.15) is 30.0 Å². The summed E-state index contributed by atoms with van der Waals surface area (Å²) < 4.78 is 10.6. The van der Waals surface area contributed by atoms with Gasteiger partial charge in [0.15, 0.2) is 0 Å². The molecule has 0 aromatic heterocycles. The van der Waals surface area contributed by atoms with E-state index >= 15 is 0 Å². The van der Waals surface area contributed by atoms with E-state index in [2.05, 4.69) is 5.32 Å². The predicted octanol–water partition coefficient (Wildman–Crippen LogP) is 1.97. The molecule has 1 aromatic carbocycles. The topological polar surface area (TPSA) is 47.6 Å². The maximum Gasteiger partial charge on any atom is 0.246 e. The third-order valence-electron chi connectivity index (χ3n) is 3.11. The van der Waals surface area contributed by atoms with Crippen molar-refractivity contribution < 1.29 is 14.3 Å². The number of hydrogen-bond acceptors (Lipinski definition) is 3. The first-order valence-corrected chi connectivity index (χ1v) is 6.23. The van der Waals surface area contributed by atoms with Crippen LogP contribution in [0.15, 0.2) is 18.2 Å². The summed E-state index contributed by atoms with van der Waals surface area (Å²) >= 11 is 0. The molecule has 0 spiro atoms. The molecule has 1 unspecified atom stereocenters. The SMILES string of the molecule is COCC(=O)NC1CCCOc2c(C)cccc21. The Balaban J connectivity index is 2.22. The third kappa shape index (κ3) is 2.82. The van der Waals surface area contributed by atoms with Gasteiger partial charge in [0.25, 0.3) is 0 Å². The number of rotatable bonds is 3. The number of hydrogen-bond donors (Lipinski definition) is 1. The van der Waals surface area contributed by atoms with Gasteiger partial charge in [-0.3, -0.25) is 4.79 Å². The molecular weight excluding hydrogens is 230 g/mol. The number of benzene rings is 1. The Bertz CT molecular complexity index is 431. The van der Waals surface area contributed by atoms with E-state index in [1.165, 1.54) is 7.11 Å². The van der Waals surface area contributed by atoms with Gasteiger partial charge in [0.2, 0.25) is 5.91 Å². The predicted molar refractivity (Wildman–Crippen MR) is 68.7 cm³/mol. The molecular formula is C14H19NO3. The Morgan fingerprint density at radius 2 is 2.39 bits per heavy atom. The molecule has 1 amide bonds. The fraction of sp³-hybridized carbons (Fsp3) is 0.500. The van der Waals surface area contributed by atoms with Crippen molar-refractivity contribution in [2.75, 3.05) is 20.3 Å². The van der Waals surface area contributed by atoms with Crippen molar-refractivity contribution in [3.05, 3.63) is 29.3 Å². The fourth-order valence-corrected chi connectivity index (χ4v) is 2.28. The molecule has 18 heavy (non-hydrogen) atoms. The van der Waals surface area contributed by atoms with Crippen LogP contribution < -0.4 is 10.1 Å². The number of carbonyl (C=O) groups excluding carboxylic acids is 1. The van der Waals surface area contributed by atoms with E-state index in [4.69, 9.17) is 9.47 Å². The van der Waals surface area contributed by atoms with Crippen molar-refractivity contribution >= 4 is 5.91 Å². The highest BCUT2D eigenvalue weighted by Gasteiger charge is 2.22. The molecule has 2 rings (SSSR count). The second-order valence-electron chi connectivity index (χ2n) is 4.54. The number of para-hydroxylation sites is 1. The summed E-state index contributed by atoms with van der Waals surface area (Å²) in [5, 5.41) is 3.00. The van der Waals surface area contributed by atoms with Crippen LogP contribution >= 0.6 is 0 Å². The Morgan fingerprint density at radius 3 is 3.17 bits per heavy atom. The summed E-state index contributed by atoms with van der Waals surface area (Å²) in [6.45, 7) is 2.82. The van der Waals surface area contributed by atoms with Crippen LogP contribution in [0.4, 0.5) is 0 Å². The molecule has 1 N–H and O–H groups in total. The van der Waals surface area contributed by atoms with Crippen LogP contribution in [0.25, 0.3) is 0 Å². The van der Waals surface area contributed by atoms with Gasteiger partial charge in [-0.05, 0) is 25.3 Å². The lowest BCUT2D eigenvalue weighted by Crippen LogP contribution is -2.31. The van der Waals surface area contributed by atoms with Crippen LogP contribution in [-0.4, -0.2) is 26.2 Å². The molecule has 1 aliphatic rings. The molecule has 0 saturated heterocycles. The number of ether oxygens (including phenoxy) is 2. The zero-order valence-corrected chi connectivity index (χ0v) is 10.9. The quantitative estimate of drug-likeness (QED) is 0.891. The number of nitrogens with one attached hydrogen (secondary N) is 1. The maximum atomic E-state index is 11.6. The normalized spacial score (nSPS) is 18.4.